The molecule has 1 amide bonds. The first-order chi connectivity index (χ1) is 14.7. The summed E-state index contributed by atoms with van der Waals surface area (Å²) in [6.45, 7) is 4.09. The average molecular weight is 448 g/mol. The second-order valence-corrected chi connectivity index (χ2v) is 9.34. The molecule has 2 aromatic rings. The molecule has 0 bridgehead atoms. The summed E-state index contributed by atoms with van der Waals surface area (Å²) < 4.78 is 32.3. The van der Waals surface area contributed by atoms with Crippen LogP contribution < -0.4 is 10.1 Å². The van der Waals surface area contributed by atoms with Crippen LogP contribution >= 0.6 is 0 Å². The fraction of sp³-hybridized carbons (Fsp3) is 0.381. The molecule has 166 valence electrons. The summed E-state index contributed by atoms with van der Waals surface area (Å²) in [6, 6.07) is 12.6. The van der Waals surface area contributed by atoms with Gasteiger partial charge in [-0.25, -0.2) is 8.42 Å². The molecular formula is C21H25N3O6S. The normalized spacial score (nSPS) is 16.5. The fourth-order valence-electron chi connectivity index (χ4n) is 3.38. The number of ether oxygens (including phenoxy) is 1. The van der Waals surface area contributed by atoms with Crippen molar-refractivity contribution in [1.82, 2.24) is 9.62 Å². The zero-order chi connectivity index (χ0) is 22.6. The van der Waals surface area contributed by atoms with Gasteiger partial charge in [0.05, 0.1) is 15.9 Å². The minimum Gasteiger partial charge on any atom is -0.474 e. The number of hydrogen-bond donors (Lipinski definition) is 1. The molecule has 1 heterocycles. The molecule has 0 aliphatic carbocycles. The van der Waals surface area contributed by atoms with Crippen molar-refractivity contribution in [1.29, 1.82) is 0 Å². The summed E-state index contributed by atoms with van der Waals surface area (Å²) in [5.41, 5.74) is 0.404. The first-order valence-electron chi connectivity index (χ1n) is 10.0. The van der Waals surface area contributed by atoms with E-state index >= 15 is 0 Å². The molecule has 0 unspecified atom stereocenters. The van der Waals surface area contributed by atoms with Crippen LogP contribution in [0.5, 0.6) is 5.75 Å². The zero-order valence-corrected chi connectivity index (χ0v) is 18.2. The van der Waals surface area contributed by atoms with E-state index in [1.807, 2.05) is 37.3 Å². The molecule has 1 aliphatic heterocycles. The number of nitrogens with zero attached hydrogens (tertiary/aromatic N) is 2. The van der Waals surface area contributed by atoms with Crippen LogP contribution in [0, 0.1) is 10.1 Å². The van der Waals surface area contributed by atoms with Gasteiger partial charge < -0.3 is 10.1 Å². The third-order valence-corrected chi connectivity index (χ3v) is 7.06. The zero-order valence-electron chi connectivity index (χ0n) is 17.4. The Labute approximate surface area is 181 Å². The lowest BCUT2D eigenvalue weighted by atomic mass is 10.1. The van der Waals surface area contributed by atoms with Crippen molar-refractivity contribution in [3.05, 3.63) is 64.2 Å². The molecule has 1 aliphatic rings. The molecule has 0 spiro atoms. The molecule has 0 aromatic heterocycles. The Bertz CT molecular complexity index is 1050. The number of sulfonamides is 1. The quantitative estimate of drug-likeness (QED) is 0.491. The second-order valence-electron chi connectivity index (χ2n) is 7.40. The van der Waals surface area contributed by atoms with E-state index in [0.29, 0.717) is 13.1 Å². The monoisotopic (exact) mass is 447 g/mol. The van der Waals surface area contributed by atoms with Crippen molar-refractivity contribution in [2.24, 2.45) is 0 Å². The first-order valence-corrected chi connectivity index (χ1v) is 11.4. The van der Waals surface area contributed by atoms with Gasteiger partial charge in [-0.3, -0.25) is 14.9 Å². The standard InChI is InChI=1S/C21H25N3O6S/c1-15(17-8-4-3-5-9-17)22-21(25)16(2)30-20-11-10-18(14-19(20)24(26)27)31(28,29)23-12-6-7-13-23/h3-5,8-11,14-16H,6-7,12-13H2,1-2H3,(H,22,25)/t15-,16-/m1/s1. The number of nitro groups is 1. The van der Waals surface area contributed by atoms with Gasteiger partial charge in [-0.05, 0) is 44.4 Å². The molecule has 3 rings (SSSR count). The van der Waals surface area contributed by atoms with E-state index in [9.17, 15) is 23.3 Å². The van der Waals surface area contributed by atoms with E-state index in [1.54, 1.807) is 0 Å². The third-order valence-electron chi connectivity index (χ3n) is 5.16. The van der Waals surface area contributed by atoms with E-state index in [4.69, 9.17) is 4.74 Å². The Morgan fingerprint density at radius 1 is 1.13 bits per heavy atom. The summed E-state index contributed by atoms with van der Waals surface area (Å²) in [7, 11) is -3.81. The molecule has 1 N–H and O–H groups in total. The van der Waals surface area contributed by atoms with Crippen molar-refractivity contribution in [3.63, 3.8) is 0 Å². The van der Waals surface area contributed by atoms with E-state index in [0.717, 1.165) is 24.5 Å². The predicted molar refractivity (Wildman–Crippen MR) is 114 cm³/mol. The molecule has 0 radical (unpaired) electrons. The van der Waals surface area contributed by atoms with Crippen LogP contribution in [0.15, 0.2) is 53.4 Å². The molecule has 2 aromatic carbocycles. The molecule has 1 fully saturated rings. The maximum atomic E-state index is 12.7. The average Bonchev–Trinajstić information content (AvgIpc) is 3.30. The van der Waals surface area contributed by atoms with Crippen LogP contribution in [-0.2, 0) is 14.8 Å². The molecule has 1 saturated heterocycles. The molecular weight excluding hydrogens is 422 g/mol. The lowest BCUT2D eigenvalue weighted by molar-refractivity contribution is -0.386. The smallest absolute Gasteiger partial charge is 0.312 e. The van der Waals surface area contributed by atoms with Crippen LogP contribution in [0.3, 0.4) is 0 Å². The van der Waals surface area contributed by atoms with Crippen LogP contribution in [-0.4, -0.2) is 42.7 Å². The van der Waals surface area contributed by atoms with Gasteiger partial charge in [0.2, 0.25) is 10.0 Å². The Hall–Kier alpha value is -2.98. The van der Waals surface area contributed by atoms with Crippen LogP contribution in [0.4, 0.5) is 5.69 Å². The van der Waals surface area contributed by atoms with E-state index in [1.165, 1.54) is 23.4 Å². The van der Waals surface area contributed by atoms with Crippen molar-refractivity contribution < 1.29 is 22.9 Å². The third kappa shape index (κ3) is 5.20. The van der Waals surface area contributed by atoms with Crippen LogP contribution in [0.25, 0.3) is 0 Å². The largest absolute Gasteiger partial charge is 0.474 e. The maximum absolute atomic E-state index is 12.7. The van der Waals surface area contributed by atoms with E-state index < -0.39 is 32.6 Å². The Morgan fingerprint density at radius 2 is 1.77 bits per heavy atom. The number of nitrogens with one attached hydrogen (secondary N) is 1. The van der Waals surface area contributed by atoms with Gasteiger partial charge in [-0.15, -0.1) is 0 Å². The molecule has 31 heavy (non-hydrogen) atoms. The van der Waals surface area contributed by atoms with Gasteiger partial charge in [0.15, 0.2) is 11.9 Å². The summed E-state index contributed by atoms with van der Waals surface area (Å²) >= 11 is 0. The van der Waals surface area contributed by atoms with Crippen molar-refractivity contribution in [3.8, 4) is 5.75 Å². The van der Waals surface area contributed by atoms with Gasteiger partial charge >= 0.3 is 5.69 Å². The fourth-order valence-corrected chi connectivity index (χ4v) is 4.91. The van der Waals surface area contributed by atoms with E-state index in [2.05, 4.69) is 5.32 Å². The van der Waals surface area contributed by atoms with Crippen molar-refractivity contribution in [2.45, 2.75) is 43.7 Å². The SMILES string of the molecule is C[C@@H](Oc1ccc(S(=O)(=O)N2CCCC2)cc1[N+](=O)[O-])C(=O)N[C@H](C)c1ccccc1. The predicted octanol–water partition coefficient (Wildman–Crippen LogP) is 3.02. The maximum Gasteiger partial charge on any atom is 0.312 e. The number of benzene rings is 2. The minimum atomic E-state index is -3.81. The van der Waals surface area contributed by atoms with Gasteiger partial charge in [0.1, 0.15) is 0 Å². The minimum absolute atomic E-state index is 0.164. The number of hydrogen-bond acceptors (Lipinski definition) is 6. The molecule has 2 atom stereocenters. The topological polar surface area (TPSA) is 119 Å². The van der Waals surface area contributed by atoms with E-state index in [-0.39, 0.29) is 16.7 Å². The number of carbonyl (C=O) groups is 1. The van der Waals surface area contributed by atoms with Gasteiger partial charge in [-0.2, -0.15) is 4.31 Å². The van der Waals surface area contributed by atoms with Crippen molar-refractivity contribution >= 4 is 21.6 Å². The molecule has 0 saturated carbocycles. The summed E-state index contributed by atoms with van der Waals surface area (Å²) in [5, 5.41) is 14.4. The van der Waals surface area contributed by atoms with Crippen LogP contribution in [0.2, 0.25) is 0 Å². The number of amides is 1. The summed E-state index contributed by atoms with van der Waals surface area (Å²) in [5.74, 6) is -0.611. The van der Waals surface area contributed by atoms with Gasteiger partial charge in [0.25, 0.3) is 5.91 Å². The lowest BCUT2D eigenvalue weighted by Gasteiger charge is -2.19. The Balaban J connectivity index is 1.76. The molecule has 9 nitrogen and oxygen atoms in total. The molecule has 10 heteroatoms. The highest BCUT2D eigenvalue weighted by Crippen LogP contribution is 2.32. The highest BCUT2D eigenvalue weighted by molar-refractivity contribution is 7.89. The summed E-state index contributed by atoms with van der Waals surface area (Å²) in [6.07, 6.45) is 0.499. The van der Waals surface area contributed by atoms with Crippen molar-refractivity contribution in [2.75, 3.05) is 13.1 Å². The first kappa shape index (κ1) is 22.7. The number of nitro benzene ring substituents is 1. The van der Waals surface area contributed by atoms with Gasteiger partial charge in [-0.1, -0.05) is 30.3 Å². The Kier molecular flexibility index (Phi) is 6.91. The second kappa shape index (κ2) is 9.44. The van der Waals surface area contributed by atoms with Gasteiger partial charge in [0, 0.05) is 19.2 Å². The highest BCUT2D eigenvalue weighted by Gasteiger charge is 2.30. The summed E-state index contributed by atoms with van der Waals surface area (Å²) in [4.78, 5) is 23.2. The number of carbonyl (C=O) groups excluding carboxylic acids is 1. The van der Waals surface area contributed by atoms with Crippen LogP contribution in [0.1, 0.15) is 38.3 Å². The Morgan fingerprint density at radius 3 is 2.39 bits per heavy atom. The lowest BCUT2D eigenvalue weighted by Crippen LogP contribution is -2.37. The highest BCUT2D eigenvalue weighted by atomic mass is 32.2. The number of rotatable bonds is 8.